The van der Waals surface area contributed by atoms with Crippen molar-refractivity contribution in [2.75, 3.05) is 13.1 Å². The Hall–Kier alpha value is -1.87. The molecule has 1 heterocycles. The van der Waals surface area contributed by atoms with Crippen LogP contribution >= 0.6 is 0 Å². The monoisotopic (exact) mass is 256 g/mol. The lowest BCUT2D eigenvalue weighted by atomic mass is 10.2. The molecule has 19 heavy (non-hydrogen) atoms. The normalized spacial score (nSPS) is 10.8. The van der Waals surface area contributed by atoms with Gasteiger partial charge in [-0.2, -0.15) is 0 Å². The van der Waals surface area contributed by atoms with E-state index >= 15 is 0 Å². The van der Waals surface area contributed by atoms with Gasteiger partial charge in [0.15, 0.2) is 0 Å². The van der Waals surface area contributed by atoms with Crippen molar-refractivity contribution in [3.63, 3.8) is 0 Å². The van der Waals surface area contributed by atoms with E-state index in [4.69, 9.17) is 0 Å². The van der Waals surface area contributed by atoms with Gasteiger partial charge in [0.2, 0.25) is 0 Å². The molecule has 3 nitrogen and oxygen atoms in total. The third kappa shape index (κ3) is 3.32. The molecule has 0 amide bonds. The van der Waals surface area contributed by atoms with Crippen LogP contribution in [0.5, 0.6) is 0 Å². The number of hydrogen-bond donors (Lipinski definition) is 1. The molecule has 100 valence electrons. The maximum atomic E-state index is 12.3. The van der Waals surface area contributed by atoms with Crippen LogP contribution in [0.4, 0.5) is 0 Å². The Labute approximate surface area is 113 Å². The number of aromatic nitrogens is 1. The van der Waals surface area contributed by atoms with E-state index in [2.05, 4.69) is 18.8 Å². The van der Waals surface area contributed by atoms with Crippen molar-refractivity contribution in [3.05, 3.63) is 59.0 Å². The lowest BCUT2D eigenvalue weighted by Crippen LogP contribution is -2.24. The number of hydrogen-bond acceptors (Lipinski definition) is 2. The SMILES string of the molecule is C=C(CNCCC)Cn1ccc2ccccc2c1=O. The summed E-state index contributed by atoms with van der Waals surface area (Å²) in [5, 5.41) is 5.04. The second-order valence-electron chi connectivity index (χ2n) is 4.76. The Balaban J connectivity index is 2.15. The van der Waals surface area contributed by atoms with E-state index in [1.807, 2.05) is 36.5 Å². The van der Waals surface area contributed by atoms with Crippen molar-refractivity contribution in [1.29, 1.82) is 0 Å². The van der Waals surface area contributed by atoms with Crippen molar-refractivity contribution < 1.29 is 0 Å². The summed E-state index contributed by atoms with van der Waals surface area (Å²) in [6.07, 6.45) is 2.94. The first-order valence-corrected chi connectivity index (χ1v) is 6.68. The van der Waals surface area contributed by atoms with Crippen molar-refractivity contribution in [2.45, 2.75) is 19.9 Å². The average molecular weight is 256 g/mol. The number of nitrogens with zero attached hydrogens (tertiary/aromatic N) is 1. The molecule has 0 bridgehead atoms. The zero-order valence-corrected chi connectivity index (χ0v) is 11.4. The Morgan fingerprint density at radius 1 is 1.32 bits per heavy atom. The van der Waals surface area contributed by atoms with E-state index in [9.17, 15) is 4.79 Å². The number of pyridine rings is 1. The molecule has 1 aromatic heterocycles. The molecule has 0 fully saturated rings. The third-order valence-corrected chi connectivity index (χ3v) is 3.08. The summed E-state index contributed by atoms with van der Waals surface area (Å²) in [4.78, 5) is 12.3. The zero-order valence-electron chi connectivity index (χ0n) is 11.4. The standard InChI is InChI=1S/C16H20N2O/c1-3-9-17-11-13(2)12-18-10-8-14-6-4-5-7-15(14)16(18)19/h4-8,10,17H,2-3,9,11-12H2,1H3. The summed E-state index contributed by atoms with van der Waals surface area (Å²) >= 11 is 0. The van der Waals surface area contributed by atoms with Gasteiger partial charge in [0.05, 0.1) is 0 Å². The summed E-state index contributed by atoms with van der Waals surface area (Å²) < 4.78 is 1.72. The van der Waals surface area contributed by atoms with Crippen LogP contribution in [-0.4, -0.2) is 17.7 Å². The van der Waals surface area contributed by atoms with E-state index in [-0.39, 0.29) is 5.56 Å². The highest BCUT2D eigenvalue weighted by Gasteiger charge is 2.03. The molecule has 3 heteroatoms. The number of rotatable bonds is 6. The smallest absolute Gasteiger partial charge is 0.258 e. The van der Waals surface area contributed by atoms with Crippen molar-refractivity contribution in [2.24, 2.45) is 0 Å². The van der Waals surface area contributed by atoms with Gasteiger partial charge in [-0.3, -0.25) is 4.79 Å². The number of nitrogens with one attached hydrogen (secondary N) is 1. The summed E-state index contributed by atoms with van der Waals surface area (Å²) in [6, 6.07) is 9.64. The van der Waals surface area contributed by atoms with Crippen LogP contribution in [0.2, 0.25) is 0 Å². The van der Waals surface area contributed by atoms with Crippen LogP contribution in [0.1, 0.15) is 13.3 Å². The number of benzene rings is 1. The first-order chi connectivity index (χ1) is 9.22. The van der Waals surface area contributed by atoms with Crippen molar-refractivity contribution >= 4 is 10.8 Å². The molecule has 0 aliphatic heterocycles. The highest BCUT2D eigenvalue weighted by atomic mass is 16.1. The van der Waals surface area contributed by atoms with Gasteiger partial charge >= 0.3 is 0 Å². The van der Waals surface area contributed by atoms with E-state index in [0.717, 1.165) is 35.9 Å². The van der Waals surface area contributed by atoms with E-state index in [1.54, 1.807) is 4.57 Å². The minimum atomic E-state index is 0.0507. The number of fused-ring (bicyclic) bond motifs is 1. The molecular weight excluding hydrogens is 236 g/mol. The molecule has 0 spiro atoms. The van der Waals surface area contributed by atoms with Crippen molar-refractivity contribution in [3.8, 4) is 0 Å². The maximum absolute atomic E-state index is 12.3. The molecule has 2 aromatic rings. The van der Waals surface area contributed by atoms with E-state index in [1.165, 1.54) is 0 Å². The Kier molecular flexibility index (Phi) is 4.53. The Morgan fingerprint density at radius 3 is 2.89 bits per heavy atom. The molecule has 0 aliphatic carbocycles. The van der Waals surface area contributed by atoms with Crippen LogP contribution in [-0.2, 0) is 6.54 Å². The first-order valence-electron chi connectivity index (χ1n) is 6.68. The van der Waals surface area contributed by atoms with Gasteiger partial charge in [0.25, 0.3) is 5.56 Å². The molecule has 0 atom stereocenters. The summed E-state index contributed by atoms with van der Waals surface area (Å²) in [7, 11) is 0. The molecule has 0 saturated carbocycles. The topological polar surface area (TPSA) is 34.0 Å². The van der Waals surface area contributed by atoms with E-state index in [0.29, 0.717) is 6.54 Å². The quantitative estimate of drug-likeness (QED) is 0.636. The van der Waals surface area contributed by atoms with Crippen LogP contribution in [0.15, 0.2) is 53.5 Å². The second kappa shape index (κ2) is 6.34. The molecule has 1 aromatic carbocycles. The fourth-order valence-electron chi connectivity index (χ4n) is 2.09. The van der Waals surface area contributed by atoms with Gasteiger partial charge in [0.1, 0.15) is 0 Å². The fraction of sp³-hybridized carbons (Fsp3) is 0.312. The van der Waals surface area contributed by atoms with Crippen LogP contribution in [0.3, 0.4) is 0 Å². The predicted octanol–water partition coefficient (Wildman–Crippen LogP) is 2.56. The van der Waals surface area contributed by atoms with Crippen LogP contribution < -0.4 is 10.9 Å². The van der Waals surface area contributed by atoms with Crippen molar-refractivity contribution in [1.82, 2.24) is 9.88 Å². The molecule has 0 saturated heterocycles. The zero-order chi connectivity index (χ0) is 13.7. The second-order valence-corrected chi connectivity index (χ2v) is 4.76. The minimum Gasteiger partial charge on any atom is -0.313 e. The van der Waals surface area contributed by atoms with Crippen LogP contribution in [0.25, 0.3) is 10.8 Å². The minimum absolute atomic E-state index is 0.0507. The molecule has 0 aliphatic rings. The van der Waals surface area contributed by atoms with Gasteiger partial charge in [-0.25, -0.2) is 0 Å². The highest BCUT2D eigenvalue weighted by Crippen LogP contribution is 2.08. The molecule has 2 rings (SSSR count). The molecule has 0 radical (unpaired) electrons. The first kappa shape index (κ1) is 13.6. The van der Waals surface area contributed by atoms with Crippen LogP contribution in [0, 0.1) is 0 Å². The van der Waals surface area contributed by atoms with Gasteiger partial charge in [-0.05, 0) is 36.1 Å². The summed E-state index contributed by atoms with van der Waals surface area (Å²) in [5.41, 5.74) is 1.07. The predicted molar refractivity (Wildman–Crippen MR) is 80.5 cm³/mol. The third-order valence-electron chi connectivity index (χ3n) is 3.08. The highest BCUT2D eigenvalue weighted by molar-refractivity contribution is 5.81. The molecule has 1 N–H and O–H groups in total. The fourth-order valence-corrected chi connectivity index (χ4v) is 2.09. The summed E-state index contributed by atoms with van der Waals surface area (Å²) in [5.74, 6) is 0. The summed E-state index contributed by atoms with van der Waals surface area (Å²) in [6.45, 7) is 8.45. The average Bonchev–Trinajstić information content (AvgIpc) is 2.43. The van der Waals surface area contributed by atoms with Gasteiger partial charge < -0.3 is 9.88 Å². The molecule has 0 unspecified atom stereocenters. The largest absolute Gasteiger partial charge is 0.313 e. The van der Waals surface area contributed by atoms with E-state index < -0.39 is 0 Å². The van der Waals surface area contributed by atoms with Gasteiger partial charge in [-0.1, -0.05) is 31.7 Å². The molecular formula is C16H20N2O. The lowest BCUT2D eigenvalue weighted by Gasteiger charge is -2.10. The maximum Gasteiger partial charge on any atom is 0.258 e. The Morgan fingerprint density at radius 2 is 2.11 bits per heavy atom. The van der Waals surface area contributed by atoms with Gasteiger partial charge in [-0.15, -0.1) is 0 Å². The lowest BCUT2D eigenvalue weighted by molar-refractivity contribution is 0.667. The van der Waals surface area contributed by atoms with Gasteiger partial charge in [0, 0.05) is 24.7 Å². The Bertz CT molecular complexity index is 628.